The van der Waals surface area contributed by atoms with Crippen LogP contribution in [0.15, 0.2) is 71.3 Å². The van der Waals surface area contributed by atoms with Gasteiger partial charge in [0.05, 0.1) is 6.26 Å². The number of hydrogen-bond donors (Lipinski definition) is 1. The van der Waals surface area contributed by atoms with Crippen molar-refractivity contribution < 1.29 is 9.52 Å². The molecule has 1 atom stereocenters. The van der Waals surface area contributed by atoms with Gasteiger partial charge in [-0.15, -0.1) is 0 Å². The summed E-state index contributed by atoms with van der Waals surface area (Å²) in [5, 5.41) is 11.2. The third-order valence-corrected chi connectivity index (χ3v) is 3.45. The molecule has 0 aliphatic rings. The molecule has 0 aliphatic heterocycles. The van der Waals surface area contributed by atoms with Crippen LogP contribution in [0.4, 0.5) is 0 Å². The Labute approximate surface area is 122 Å². The third kappa shape index (κ3) is 2.48. The van der Waals surface area contributed by atoms with Gasteiger partial charge in [-0.2, -0.15) is 0 Å². The lowest BCUT2D eigenvalue weighted by Crippen LogP contribution is -2.01. The zero-order valence-electron chi connectivity index (χ0n) is 10.7. The number of benzene rings is 2. The highest BCUT2D eigenvalue weighted by Gasteiger charge is 2.17. The first-order chi connectivity index (χ1) is 9.75. The van der Waals surface area contributed by atoms with Crippen LogP contribution in [0.25, 0.3) is 11.3 Å². The van der Waals surface area contributed by atoms with Crippen molar-refractivity contribution in [3.05, 3.63) is 83.1 Å². The molecule has 1 N–H and O–H groups in total. The molecule has 0 spiro atoms. The summed E-state index contributed by atoms with van der Waals surface area (Å²) in [6, 6.07) is 18.6. The molecule has 3 heteroatoms. The van der Waals surface area contributed by atoms with Gasteiger partial charge in [0.25, 0.3) is 0 Å². The van der Waals surface area contributed by atoms with Gasteiger partial charge in [-0.05, 0) is 35.4 Å². The lowest BCUT2D eigenvalue weighted by Gasteiger charge is -2.15. The number of furan rings is 1. The minimum absolute atomic E-state index is 0.611. The van der Waals surface area contributed by atoms with Crippen molar-refractivity contribution >= 4 is 11.6 Å². The summed E-state index contributed by atoms with van der Waals surface area (Å²) in [5.74, 6) is 0.692. The van der Waals surface area contributed by atoms with Crippen molar-refractivity contribution in [3.8, 4) is 11.3 Å². The SMILES string of the molecule is OC(c1ccccc1)c1ccc(Cl)cc1-c1ccco1. The van der Waals surface area contributed by atoms with Gasteiger partial charge in [0, 0.05) is 10.6 Å². The first kappa shape index (κ1) is 13.0. The van der Waals surface area contributed by atoms with Gasteiger partial charge in [-0.1, -0.05) is 48.0 Å². The fourth-order valence-corrected chi connectivity index (χ4v) is 2.40. The second kappa shape index (κ2) is 5.53. The van der Waals surface area contributed by atoms with Crippen molar-refractivity contribution in [2.24, 2.45) is 0 Å². The van der Waals surface area contributed by atoms with Crippen LogP contribution in [-0.4, -0.2) is 5.11 Å². The van der Waals surface area contributed by atoms with E-state index in [9.17, 15) is 5.11 Å². The van der Waals surface area contributed by atoms with E-state index in [1.54, 1.807) is 12.3 Å². The van der Waals surface area contributed by atoms with E-state index < -0.39 is 6.10 Å². The molecule has 0 aliphatic carbocycles. The second-order valence-corrected chi connectivity index (χ2v) is 4.96. The maximum Gasteiger partial charge on any atom is 0.134 e. The average Bonchev–Trinajstić information content (AvgIpc) is 3.01. The molecule has 3 rings (SSSR count). The molecule has 0 amide bonds. The predicted octanol–water partition coefficient (Wildman–Crippen LogP) is 4.68. The average molecular weight is 285 g/mol. The highest BCUT2D eigenvalue weighted by molar-refractivity contribution is 6.30. The van der Waals surface area contributed by atoms with Gasteiger partial charge in [0.2, 0.25) is 0 Å². The molecule has 100 valence electrons. The molecular weight excluding hydrogens is 272 g/mol. The van der Waals surface area contributed by atoms with Crippen LogP contribution in [0.3, 0.4) is 0 Å². The number of rotatable bonds is 3. The van der Waals surface area contributed by atoms with Crippen LogP contribution in [0.5, 0.6) is 0 Å². The highest BCUT2D eigenvalue weighted by atomic mass is 35.5. The Morgan fingerprint density at radius 3 is 2.45 bits per heavy atom. The third-order valence-electron chi connectivity index (χ3n) is 3.21. The minimum atomic E-state index is -0.714. The molecule has 0 radical (unpaired) electrons. The lowest BCUT2D eigenvalue weighted by molar-refractivity contribution is 0.220. The molecule has 3 aromatic rings. The Balaban J connectivity index is 2.10. The van der Waals surface area contributed by atoms with E-state index in [0.29, 0.717) is 10.8 Å². The molecule has 0 bridgehead atoms. The molecule has 0 fully saturated rings. The van der Waals surface area contributed by atoms with Gasteiger partial charge in [-0.25, -0.2) is 0 Å². The molecular formula is C17H13ClO2. The smallest absolute Gasteiger partial charge is 0.134 e. The zero-order valence-corrected chi connectivity index (χ0v) is 11.4. The summed E-state index contributed by atoms with van der Waals surface area (Å²) in [4.78, 5) is 0. The molecule has 1 aromatic heterocycles. The van der Waals surface area contributed by atoms with E-state index in [4.69, 9.17) is 16.0 Å². The maximum atomic E-state index is 10.6. The Morgan fingerprint density at radius 1 is 0.950 bits per heavy atom. The molecule has 1 unspecified atom stereocenters. The summed E-state index contributed by atoms with van der Waals surface area (Å²) < 4.78 is 5.43. The largest absolute Gasteiger partial charge is 0.464 e. The minimum Gasteiger partial charge on any atom is -0.464 e. The van der Waals surface area contributed by atoms with Crippen molar-refractivity contribution in [3.63, 3.8) is 0 Å². The topological polar surface area (TPSA) is 33.4 Å². The maximum absolute atomic E-state index is 10.6. The number of halogens is 1. The summed E-state index contributed by atoms with van der Waals surface area (Å²) in [6.45, 7) is 0. The molecule has 20 heavy (non-hydrogen) atoms. The van der Waals surface area contributed by atoms with Gasteiger partial charge in [0.15, 0.2) is 0 Å². The predicted molar refractivity (Wildman–Crippen MR) is 79.7 cm³/mol. The molecule has 1 heterocycles. The second-order valence-electron chi connectivity index (χ2n) is 4.52. The molecule has 2 nitrogen and oxygen atoms in total. The van der Waals surface area contributed by atoms with Crippen LogP contribution in [0.1, 0.15) is 17.2 Å². The van der Waals surface area contributed by atoms with Gasteiger partial charge >= 0.3 is 0 Å². The van der Waals surface area contributed by atoms with Crippen molar-refractivity contribution in [1.29, 1.82) is 0 Å². The van der Waals surface area contributed by atoms with Crippen LogP contribution < -0.4 is 0 Å². The van der Waals surface area contributed by atoms with Crippen LogP contribution >= 0.6 is 11.6 Å². The molecule has 0 saturated carbocycles. The first-order valence-electron chi connectivity index (χ1n) is 6.32. The van der Waals surface area contributed by atoms with Crippen molar-refractivity contribution in [2.75, 3.05) is 0 Å². The summed E-state index contributed by atoms with van der Waals surface area (Å²) in [7, 11) is 0. The number of aliphatic hydroxyl groups excluding tert-OH is 1. The van der Waals surface area contributed by atoms with Crippen molar-refractivity contribution in [2.45, 2.75) is 6.10 Å². The van der Waals surface area contributed by atoms with Gasteiger partial charge in [0.1, 0.15) is 11.9 Å². The van der Waals surface area contributed by atoms with E-state index in [1.807, 2.05) is 54.6 Å². The van der Waals surface area contributed by atoms with E-state index >= 15 is 0 Å². The van der Waals surface area contributed by atoms with E-state index in [1.165, 1.54) is 0 Å². The molecule has 0 saturated heterocycles. The van der Waals surface area contributed by atoms with E-state index in [0.717, 1.165) is 16.7 Å². The van der Waals surface area contributed by atoms with Gasteiger partial charge < -0.3 is 9.52 Å². The fraction of sp³-hybridized carbons (Fsp3) is 0.0588. The number of aliphatic hydroxyl groups is 1. The Morgan fingerprint density at radius 2 is 1.75 bits per heavy atom. The highest BCUT2D eigenvalue weighted by Crippen LogP contribution is 2.34. The quantitative estimate of drug-likeness (QED) is 0.757. The van der Waals surface area contributed by atoms with E-state index in [2.05, 4.69) is 0 Å². The normalized spacial score (nSPS) is 12.3. The van der Waals surface area contributed by atoms with E-state index in [-0.39, 0.29) is 0 Å². The standard InChI is InChI=1S/C17H13ClO2/c18-13-8-9-14(15(11-13)16-7-4-10-20-16)17(19)12-5-2-1-3-6-12/h1-11,17,19H. The summed E-state index contributed by atoms with van der Waals surface area (Å²) >= 11 is 6.06. The van der Waals surface area contributed by atoms with Crippen LogP contribution in [0.2, 0.25) is 5.02 Å². The monoisotopic (exact) mass is 284 g/mol. The van der Waals surface area contributed by atoms with Gasteiger partial charge in [-0.3, -0.25) is 0 Å². The van der Waals surface area contributed by atoms with Crippen LogP contribution in [-0.2, 0) is 0 Å². The number of hydrogen-bond acceptors (Lipinski definition) is 2. The Hall–Kier alpha value is -2.03. The Bertz CT molecular complexity index is 690. The summed E-state index contributed by atoms with van der Waals surface area (Å²) in [5.41, 5.74) is 2.41. The lowest BCUT2D eigenvalue weighted by atomic mass is 9.95. The first-order valence-corrected chi connectivity index (χ1v) is 6.70. The van der Waals surface area contributed by atoms with Crippen LogP contribution in [0, 0.1) is 0 Å². The Kier molecular flexibility index (Phi) is 3.59. The molecule has 2 aromatic carbocycles. The fourth-order valence-electron chi connectivity index (χ4n) is 2.23. The van der Waals surface area contributed by atoms with Crippen molar-refractivity contribution in [1.82, 2.24) is 0 Å². The zero-order chi connectivity index (χ0) is 13.9. The summed E-state index contributed by atoms with van der Waals surface area (Å²) in [6.07, 6.45) is 0.892.